The molecule has 3 nitrogen and oxygen atoms in total. The molecule has 0 aliphatic rings. The van der Waals surface area contributed by atoms with Crippen LogP contribution < -0.4 is 0 Å². The molecule has 2 aromatic rings. The summed E-state index contributed by atoms with van der Waals surface area (Å²) in [4.78, 5) is 11.3. The first-order valence-corrected chi connectivity index (χ1v) is 8.48. The van der Waals surface area contributed by atoms with Gasteiger partial charge in [0, 0.05) is 10.0 Å². The standard InChI is InChI=1S/C14H10BrClO3S/c15-12-4-6-13(7-5-12)20(18,19)9-10-2-1-3-11(8-10)14(16)17/h1-8H,9H2. The van der Waals surface area contributed by atoms with Crippen molar-refractivity contribution < 1.29 is 13.2 Å². The second kappa shape index (κ2) is 6.08. The maximum Gasteiger partial charge on any atom is 0.252 e. The van der Waals surface area contributed by atoms with Gasteiger partial charge >= 0.3 is 0 Å². The Bertz CT molecular complexity index is 739. The summed E-state index contributed by atoms with van der Waals surface area (Å²) in [5.41, 5.74) is 0.814. The molecule has 0 aliphatic heterocycles. The van der Waals surface area contributed by atoms with Gasteiger partial charge in [0.25, 0.3) is 5.24 Å². The fourth-order valence-electron chi connectivity index (χ4n) is 1.73. The van der Waals surface area contributed by atoms with Crippen LogP contribution in [0.2, 0.25) is 0 Å². The molecule has 0 spiro atoms. The zero-order chi connectivity index (χ0) is 14.8. The van der Waals surface area contributed by atoms with Gasteiger partial charge in [-0.3, -0.25) is 4.79 Å². The van der Waals surface area contributed by atoms with Gasteiger partial charge in [-0.05, 0) is 47.5 Å². The van der Waals surface area contributed by atoms with E-state index in [0.29, 0.717) is 5.56 Å². The van der Waals surface area contributed by atoms with Gasteiger partial charge in [-0.1, -0.05) is 34.1 Å². The average molecular weight is 374 g/mol. The minimum Gasteiger partial charge on any atom is -0.276 e. The number of hydrogen-bond acceptors (Lipinski definition) is 3. The Hall–Kier alpha value is -1.17. The van der Waals surface area contributed by atoms with Gasteiger partial charge in [0.15, 0.2) is 9.84 Å². The highest BCUT2D eigenvalue weighted by Crippen LogP contribution is 2.20. The lowest BCUT2D eigenvalue weighted by Crippen LogP contribution is -2.05. The summed E-state index contributed by atoms with van der Waals surface area (Å²) in [5.74, 6) is -0.174. The third kappa shape index (κ3) is 3.69. The molecule has 0 fully saturated rings. The number of benzene rings is 2. The van der Waals surface area contributed by atoms with Gasteiger partial charge in [0.2, 0.25) is 0 Å². The zero-order valence-electron chi connectivity index (χ0n) is 10.2. The fourth-order valence-corrected chi connectivity index (χ4v) is 3.45. The van der Waals surface area contributed by atoms with Crippen LogP contribution in [0.1, 0.15) is 15.9 Å². The van der Waals surface area contributed by atoms with Crippen molar-refractivity contribution >= 4 is 42.6 Å². The second-order valence-corrected chi connectivity index (χ2v) is 7.44. The van der Waals surface area contributed by atoms with Crippen LogP contribution in [0.5, 0.6) is 0 Å². The molecule has 0 bridgehead atoms. The van der Waals surface area contributed by atoms with E-state index >= 15 is 0 Å². The predicted octanol–water partition coefficient (Wildman–Crippen LogP) is 3.80. The third-order valence-corrected chi connectivity index (χ3v) is 5.13. The van der Waals surface area contributed by atoms with E-state index in [2.05, 4.69) is 15.9 Å². The summed E-state index contributed by atoms with van der Waals surface area (Å²) in [6.45, 7) is 0. The molecule has 0 radical (unpaired) electrons. The van der Waals surface area contributed by atoms with E-state index in [1.54, 1.807) is 30.3 Å². The van der Waals surface area contributed by atoms with E-state index in [9.17, 15) is 13.2 Å². The van der Waals surface area contributed by atoms with Crippen molar-refractivity contribution in [2.24, 2.45) is 0 Å². The number of sulfone groups is 1. The Morgan fingerprint density at radius 1 is 1.10 bits per heavy atom. The molecule has 0 amide bonds. The van der Waals surface area contributed by atoms with Crippen LogP contribution >= 0.6 is 27.5 Å². The van der Waals surface area contributed by atoms with Crippen LogP contribution in [0.25, 0.3) is 0 Å². The van der Waals surface area contributed by atoms with Gasteiger partial charge in [-0.25, -0.2) is 8.42 Å². The normalized spacial score (nSPS) is 11.3. The molecule has 0 unspecified atom stereocenters. The Balaban J connectivity index is 2.31. The topological polar surface area (TPSA) is 51.2 Å². The number of halogens is 2. The van der Waals surface area contributed by atoms with Crippen molar-refractivity contribution in [2.75, 3.05) is 0 Å². The second-order valence-electron chi connectivity index (χ2n) is 4.19. The highest BCUT2D eigenvalue weighted by Gasteiger charge is 2.16. The van der Waals surface area contributed by atoms with E-state index in [0.717, 1.165) is 4.47 Å². The largest absolute Gasteiger partial charge is 0.276 e. The van der Waals surface area contributed by atoms with Crippen LogP contribution in [0.4, 0.5) is 0 Å². The molecule has 2 rings (SSSR count). The molecule has 0 aliphatic carbocycles. The van der Waals surface area contributed by atoms with Crippen LogP contribution in [0.3, 0.4) is 0 Å². The molecule has 0 saturated heterocycles. The van der Waals surface area contributed by atoms with Gasteiger partial charge in [0.05, 0.1) is 10.6 Å². The SMILES string of the molecule is O=C(Cl)c1cccc(CS(=O)(=O)c2ccc(Br)cc2)c1. The zero-order valence-corrected chi connectivity index (χ0v) is 13.4. The number of carbonyl (C=O) groups excluding carboxylic acids is 1. The van der Waals surface area contributed by atoms with Crippen molar-refractivity contribution in [1.29, 1.82) is 0 Å². The minimum atomic E-state index is -3.45. The van der Waals surface area contributed by atoms with Crippen LogP contribution in [-0.2, 0) is 15.6 Å². The molecule has 0 aromatic heterocycles. The van der Waals surface area contributed by atoms with Crippen molar-refractivity contribution in [1.82, 2.24) is 0 Å². The highest BCUT2D eigenvalue weighted by molar-refractivity contribution is 9.10. The Labute approximate surface area is 130 Å². The monoisotopic (exact) mass is 372 g/mol. The smallest absolute Gasteiger partial charge is 0.252 e. The number of carbonyl (C=O) groups is 1. The summed E-state index contributed by atoms with van der Waals surface area (Å²) in [6, 6.07) is 12.7. The Kier molecular flexibility index (Phi) is 4.62. The van der Waals surface area contributed by atoms with E-state index in [-0.39, 0.29) is 16.2 Å². The lowest BCUT2D eigenvalue weighted by Gasteiger charge is -2.06. The number of rotatable bonds is 4. The summed E-state index contributed by atoms with van der Waals surface area (Å²) in [7, 11) is -3.45. The van der Waals surface area contributed by atoms with Gasteiger partial charge in [0.1, 0.15) is 0 Å². The molecule has 0 saturated carbocycles. The van der Waals surface area contributed by atoms with Gasteiger partial charge < -0.3 is 0 Å². The van der Waals surface area contributed by atoms with E-state index in [1.165, 1.54) is 18.2 Å². The van der Waals surface area contributed by atoms with Crippen molar-refractivity contribution in [3.8, 4) is 0 Å². The lowest BCUT2D eigenvalue weighted by atomic mass is 10.2. The first-order valence-electron chi connectivity index (χ1n) is 5.65. The third-order valence-electron chi connectivity index (χ3n) is 2.68. The maximum absolute atomic E-state index is 12.3. The van der Waals surface area contributed by atoms with E-state index in [1.807, 2.05) is 0 Å². The molecule has 20 heavy (non-hydrogen) atoms. The molecule has 2 aromatic carbocycles. The van der Waals surface area contributed by atoms with Crippen LogP contribution in [-0.4, -0.2) is 13.7 Å². The quantitative estimate of drug-likeness (QED) is 0.766. The average Bonchev–Trinajstić information content (AvgIpc) is 2.39. The van der Waals surface area contributed by atoms with E-state index < -0.39 is 15.1 Å². The first kappa shape index (κ1) is 15.2. The molecular weight excluding hydrogens is 364 g/mol. The van der Waals surface area contributed by atoms with Gasteiger partial charge in [-0.2, -0.15) is 0 Å². The highest BCUT2D eigenvalue weighted by atomic mass is 79.9. The van der Waals surface area contributed by atoms with Crippen molar-refractivity contribution in [2.45, 2.75) is 10.6 Å². The summed E-state index contributed by atoms with van der Waals surface area (Å²) in [5, 5.41) is -0.604. The van der Waals surface area contributed by atoms with Crippen LogP contribution in [0.15, 0.2) is 57.9 Å². The predicted molar refractivity (Wildman–Crippen MR) is 81.7 cm³/mol. The summed E-state index contributed by atoms with van der Waals surface area (Å²) in [6.07, 6.45) is 0. The number of hydrogen-bond donors (Lipinski definition) is 0. The Morgan fingerprint density at radius 3 is 2.35 bits per heavy atom. The summed E-state index contributed by atoms with van der Waals surface area (Å²) >= 11 is 8.64. The lowest BCUT2D eigenvalue weighted by molar-refractivity contribution is 0.108. The van der Waals surface area contributed by atoms with Crippen molar-refractivity contribution in [3.63, 3.8) is 0 Å². The fraction of sp³-hybridized carbons (Fsp3) is 0.0714. The molecule has 0 heterocycles. The molecule has 0 atom stereocenters. The van der Waals surface area contributed by atoms with E-state index in [4.69, 9.17) is 11.6 Å². The summed E-state index contributed by atoms with van der Waals surface area (Å²) < 4.78 is 25.3. The Morgan fingerprint density at radius 2 is 1.75 bits per heavy atom. The first-order chi connectivity index (χ1) is 9.38. The van der Waals surface area contributed by atoms with Crippen molar-refractivity contribution in [3.05, 3.63) is 64.1 Å². The molecule has 0 N–H and O–H groups in total. The molecule has 6 heteroatoms. The van der Waals surface area contributed by atoms with Gasteiger partial charge in [-0.15, -0.1) is 0 Å². The molecular formula is C14H10BrClO3S. The minimum absolute atomic E-state index is 0.174. The molecule has 104 valence electrons. The van der Waals surface area contributed by atoms with Crippen LogP contribution in [0, 0.1) is 0 Å². The maximum atomic E-state index is 12.3.